The van der Waals surface area contributed by atoms with Crippen molar-refractivity contribution in [3.8, 4) is 0 Å². The molecular weight excluding hydrogens is 238 g/mol. The normalized spacial score (nSPS) is 14.1. The van der Waals surface area contributed by atoms with Crippen molar-refractivity contribution in [2.75, 3.05) is 6.54 Å². The Morgan fingerprint density at radius 2 is 1.89 bits per heavy atom. The third kappa shape index (κ3) is 3.50. The summed E-state index contributed by atoms with van der Waals surface area (Å²) in [5, 5.41) is 2.59. The van der Waals surface area contributed by atoms with Gasteiger partial charge < -0.3 is 11.1 Å². The smallest absolute Gasteiger partial charge is 0.223 e. The van der Waals surface area contributed by atoms with Crippen LogP contribution in [0.25, 0.3) is 0 Å². The molecule has 3 N–H and O–H groups in total. The minimum absolute atomic E-state index is 0.120. The van der Waals surface area contributed by atoms with Gasteiger partial charge in [-0.25, -0.2) is 8.78 Å². The number of hydrogen-bond acceptors (Lipinski definition) is 2. The number of halogens is 2. The predicted octanol–water partition coefficient (Wildman–Crippen LogP) is 2.13. The number of carbonyl (C=O) groups is 1. The van der Waals surface area contributed by atoms with Gasteiger partial charge in [-0.3, -0.25) is 4.79 Å². The summed E-state index contributed by atoms with van der Waals surface area (Å²) in [7, 11) is 0. The number of rotatable bonds is 5. The maximum Gasteiger partial charge on any atom is 0.223 e. The number of hydrogen-bond donors (Lipinski definition) is 2. The van der Waals surface area contributed by atoms with Gasteiger partial charge in [-0.2, -0.15) is 0 Å². The molecule has 0 heterocycles. The lowest BCUT2D eigenvalue weighted by Gasteiger charge is -2.18. The maximum atomic E-state index is 13.5. The molecule has 5 heteroatoms. The molecule has 1 aromatic rings. The Balaban J connectivity index is 2.76. The molecule has 0 saturated heterocycles. The van der Waals surface area contributed by atoms with E-state index in [1.165, 1.54) is 18.2 Å². The highest BCUT2D eigenvalue weighted by atomic mass is 19.1. The standard InChI is InChI=1S/C13H18F2N2O/c1-8(6-7-16)13(18)17-9(2)12-10(14)4-3-5-11(12)15/h3-5,8-9H,6-7,16H2,1-2H3,(H,17,18). The lowest BCUT2D eigenvalue weighted by atomic mass is 10.0. The van der Waals surface area contributed by atoms with Crippen LogP contribution in [0.15, 0.2) is 18.2 Å². The van der Waals surface area contributed by atoms with Crippen LogP contribution in [0.4, 0.5) is 8.78 Å². The molecule has 0 aliphatic heterocycles. The highest BCUT2D eigenvalue weighted by Crippen LogP contribution is 2.20. The van der Waals surface area contributed by atoms with Crippen LogP contribution < -0.4 is 11.1 Å². The Morgan fingerprint density at radius 3 is 2.39 bits per heavy atom. The average Bonchev–Trinajstić information content (AvgIpc) is 2.28. The lowest BCUT2D eigenvalue weighted by molar-refractivity contribution is -0.125. The van der Waals surface area contributed by atoms with Crippen LogP contribution >= 0.6 is 0 Å². The molecule has 0 radical (unpaired) electrons. The van der Waals surface area contributed by atoms with Crippen molar-refractivity contribution in [2.45, 2.75) is 26.3 Å². The molecule has 2 unspecified atom stereocenters. The van der Waals surface area contributed by atoms with E-state index in [9.17, 15) is 13.6 Å². The predicted molar refractivity (Wildman–Crippen MR) is 65.8 cm³/mol. The fourth-order valence-electron chi connectivity index (χ4n) is 1.73. The average molecular weight is 256 g/mol. The Bertz CT molecular complexity index is 403. The van der Waals surface area contributed by atoms with Crippen molar-refractivity contribution < 1.29 is 13.6 Å². The molecule has 0 aliphatic carbocycles. The van der Waals surface area contributed by atoms with Gasteiger partial charge in [0.2, 0.25) is 5.91 Å². The second kappa shape index (κ2) is 6.44. The largest absolute Gasteiger partial charge is 0.349 e. The van der Waals surface area contributed by atoms with E-state index >= 15 is 0 Å². The third-order valence-corrected chi connectivity index (χ3v) is 2.84. The van der Waals surface area contributed by atoms with E-state index in [-0.39, 0.29) is 17.4 Å². The first-order valence-electron chi connectivity index (χ1n) is 5.91. The second-order valence-electron chi connectivity index (χ2n) is 4.34. The first-order valence-corrected chi connectivity index (χ1v) is 5.91. The van der Waals surface area contributed by atoms with E-state index in [0.29, 0.717) is 13.0 Å². The minimum atomic E-state index is -0.709. The van der Waals surface area contributed by atoms with Gasteiger partial charge in [-0.05, 0) is 32.0 Å². The zero-order valence-corrected chi connectivity index (χ0v) is 10.5. The molecule has 3 nitrogen and oxygen atoms in total. The molecule has 0 fully saturated rings. The molecule has 2 atom stereocenters. The van der Waals surface area contributed by atoms with Crippen molar-refractivity contribution in [3.63, 3.8) is 0 Å². The third-order valence-electron chi connectivity index (χ3n) is 2.84. The van der Waals surface area contributed by atoms with Crippen LogP contribution in [0.3, 0.4) is 0 Å². The summed E-state index contributed by atoms with van der Waals surface area (Å²) in [5.41, 5.74) is 5.24. The van der Waals surface area contributed by atoms with E-state index < -0.39 is 17.7 Å². The van der Waals surface area contributed by atoms with Gasteiger partial charge >= 0.3 is 0 Å². The van der Waals surface area contributed by atoms with Gasteiger partial charge in [-0.1, -0.05) is 13.0 Å². The van der Waals surface area contributed by atoms with E-state index in [1.807, 2.05) is 0 Å². The maximum absolute atomic E-state index is 13.5. The molecule has 0 aromatic heterocycles. The van der Waals surface area contributed by atoms with Crippen LogP contribution in [-0.4, -0.2) is 12.5 Å². The SMILES string of the molecule is CC(CCN)C(=O)NC(C)c1c(F)cccc1F. The van der Waals surface area contributed by atoms with Crippen LogP contribution in [0.1, 0.15) is 31.9 Å². The summed E-state index contributed by atoms with van der Waals surface area (Å²) in [4.78, 5) is 11.7. The van der Waals surface area contributed by atoms with Crippen LogP contribution in [0, 0.1) is 17.6 Å². The molecule has 18 heavy (non-hydrogen) atoms. The van der Waals surface area contributed by atoms with E-state index in [4.69, 9.17) is 5.73 Å². The van der Waals surface area contributed by atoms with Crippen molar-refractivity contribution in [1.82, 2.24) is 5.32 Å². The summed E-state index contributed by atoms with van der Waals surface area (Å²) in [6.45, 7) is 3.68. The molecule has 1 amide bonds. The number of nitrogens with two attached hydrogens (primary N) is 1. The first kappa shape index (κ1) is 14.6. The van der Waals surface area contributed by atoms with E-state index in [1.54, 1.807) is 13.8 Å². The van der Waals surface area contributed by atoms with Gasteiger partial charge in [-0.15, -0.1) is 0 Å². The first-order chi connectivity index (χ1) is 8.47. The molecule has 0 bridgehead atoms. The monoisotopic (exact) mass is 256 g/mol. The number of nitrogens with one attached hydrogen (secondary N) is 1. The zero-order valence-electron chi connectivity index (χ0n) is 10.5. The van der Waals surface area contributed by atoms with Crippen LogP contribution in [0.2, 0.25) is 0 Å². The van der Waals surface area contributed by atoms with Crippen molar-refractivity contribution in [2.24, 2.45) is 11.7 Å². The molecule has 0 saturated carbocycles. The van der Waals surface area contributed by atoms with Gasteiger partial charge in [0.25, 0.3) is 0 Å². The fraction of sp³-hybridized carbons (Fsp3) is 0.462. The van der Waals surface area contributed by atoms with Crippen molar-refractivity contribution in [1.29, 1.82) is 0 Å². The van der Waals surface area contributed by atoms with Gasteiger partial charge in [0.15, 0.2) is 0 Å². The topological polar surface area (TPSA) is 55.1 Å². The Kier molecular flexibility index (Phi) is 5.22. The van der Waals surface area contributed by atoms with Crippen molar-refractivity contribution >= 4 is 5.91 Å². The highest BCUT2D eigenvalue weighted by Gasteiger charge is 2.20. The summed E-state index contributed by atoms with van der Waals surface area (Å²) >= 11 is 0. The lowest BCUT2D eigenvalue weighted by Crippen LogP contribution is -2.33. The molecule has 100 valence electrons. The fourth-order valence-corrected chi connectivity index (χ4v) is 1.73. The number of benzene rings is 1. The van der Waals surface area contributed by atoms with Gasteiger partial charge in [0, 0.05) is 11.5 Å². The van der Waals surface area contributed by atoms with Crippen molar-refractivity contribution in [3.05, 3.63) is 35.4 Å². The zero-order chi connectivity index (χ0) is 13.7. The molecule has 0 aliphatic rings. The Morgan fingerprint density at radius 1 is 1.33 bits per heavy atom. The summed E-state index contributed by atoms with van der Waals surface area (Å²) in [6.07, 6.45) is 0.540. The van der Waals surface area contributed by atoms with Crippen LogP contribution in [-0.2, 0) is 4.79 Å². The van der Waals surface area contributed by atoms with Gasteiger partial charge in [0.05, 0.1) is 6.04 Å². The highest BCUT2D eigenvalue weighted by molar-refractivity contribution is 5.78. The summed E-state index contributed by atoms with van der Waals surface area (Å²) in [6, 6.07) is 2.92. The summed E-state index contributed by atoms with van der Waals surface area (Å²) in [5.74, 6) is -1.84. The van der Waals surface area contributed by atoms with Gasteiger partial charge in [0.1, 0.15) is 11.6 Å². The van der Waals surface area contributed by atoms with Crippen LogP contribution in [0.5, 0.6) is 0 Å². The quantitative estimate of drug-likeness (QED) is 0.848. The molecule has 1 rings (SSSR count). The molecular formula is C13H18F2N2O. The second-order valence-corrected chi connectivity index (χ2v) is 4.34. The Labute approximate surface area is 105 Å². The Hall–Kier alpha value is -1.49. The summed E-state index contributed by atoms with van der Waals surface area (Å²) < 4.78 is 27.0. The molecule has 0 spiro atoms. The number of amides is 1. The van der Waals surface area contributed by atoms with E-state index in [2.05, 4.69) is 5.32 Å². The number of carbonyl (C=O) groups excluding carboxylic acids is 1. The molecule has 1 aromatic carbocycles. The minimum Gasteiger partial charge on any atom is -0.349 e. The van der Waals surface area contributed by atoms with E-state index in [0.717, 1.165) is 0 Å².